The SMILES string of the molecule is O=C(O)C1(C(=O)NCc2cnn(Cc3ccccc3)c2)CC1. The second-order valence-electron chi connectivity index (χ2n) is 5.60. The molecular formula is C16H17N3O3. The van der Waals surface area contributed by atoms with Crippen molar-refractivity contribution in [2.75, 3.05) is 0 Å². The van der Waals surface area contributed by atoms with Crippen molar-refractivity contribution in [3.63, 3.8) is 0 Å². The van der Waals surface area contributed by atoms with E-state index in [1.807, 2.05) is 36.5 Å². The summed E-state index contributed by atoms with van der Waals surface area (Å²) in [6, 6.07) is 9.95. The van der Waals surface area contributed by atoms with Crippen LogP contribution in [0.2, 0.25) is 0 Å². The van der Waals surface area contributed by atoms with Gasteiger partial charge in [0.05, 0.1) is 12.7 Å². The van der Waals surface area contributed by atoms with Crippen molar-refractivity contribution >= 4 is 11.9 Å². The van der Waals surface area contributed by atoms with Crippen molar-refractivity contribution in [2.24, 2.45) is 5.41 Å². The van der Waals surface area contributed by atoms with Gasteiger partial charge < -0.3 is 10.4 Å². The Kier molecular flexibility index (Phi) is 3.66. The van der Waals surface area contributed by atoms with Crippen molar-refractivity contribution in [1.82, 2.24) is 15.1 Å². The van der Waals surface area contributed by atoms with Gasteiger partial charge in [0.1, 0.15) is 5.41 Å². The smallest absolute Gasteiger partial charge is 0.319 e. The highest BCUT2D eigenvalue weighted by Crippen LogP contribution is 2.46. The molecule has 0 saturated heterocycles. The number of carbonyl (C=O) groups is 2. The molecule has 1 aromatic heterocycles. The minimum Gasteiger partial charge on any atom is -0.480 e. The van der Waals surface area contributed by atoms with Gasteiger partial charge in [-0.25, -0.2) is 0 Å². The number of aliphatic carboxylic acids is 1. The predicted octanol–water partition coefficient (Wildman–Crippen LogP) is 1.41. The number of hydrogen-bond acceptors (Lipinski definition) is 3. The van der Waals surface area contributed by atoms with E-state index >= 15 is 0 Å². The van der Waals surface area contributed by atoms with E-state index in [4.69, 9.17) is 5.11 Å². The summed E-state index contributed by atoms with van der Waals surface area (Å²) in [6.07, 6.45) is 4.38. The molecule has 6 nitrogen and oxygen atoms in total. The summed E-state index contributed by atoms with van der Waals surface area (Å²) in [7, 11) is 0. The Morgan fingerprint density at radius 1 is 1.23 bits per heavy atom. The van der Waals surface area contributed by atoms with Crippen LogP contribution < -0.4 is 5.32 Å². The normalized spacial score (nSPS) is 15.3. The minimum atomic E-state index is -1.19. The van der Waals surface area contributed by atoms with E-state index in [0.717, 1.165) is 11.1 Å². The van der Waals surface area contributed by atoms with Crippen LogP contribution in [0, 0.1) is 5.41 Å². The van der Waals surface area contributed by atoms with E-state index in [-0.39, 0.29) is 0 Å². The number of aromatic nitrogens is 2. The number of hydrogen-bond donors (Lipinski definition) is 2. The zero-order valence-electron chi connectivity index (χ0n) is 12.0. The van der Waals surface area contributed by atoms with Gasteiger partial charge in [0.2, 0.25) is 5.91 Å². The van der Waals surface area contributed by atoms with E-state index < -0.39 is 17.3 Å². The lowest BCUT2D eigenvalue weighted by Crippen LogP contribution is -2.36. The standard InChI is InChI=1S/C16H17N3O3/c20-14(16(6-7-16)15(21)22)17-8-13-9-18-19(11-13)10-12-4-2-1-3-5-12/h1-5,9,11H,6-8,10H2,(H,17,20)(H,21,22). The number of carboxylic acids is 1. The first-order valence-electron chi connectivity index (χ1n) is 7.17. The number of carboxylic acid groups (broad SMARTS) is 1. The molecule has 2 aromatic rings. The number of carbonyl (C=O) groups excluding carboxylic acids is 1. The maximum Gasteiger partial charge on any atom is 0.319 e. The molecule has 1 aromatic carbocycles. The molecular weight excluding hydrogens is 282 g/mol. The van der Waals surface area contributed by atoms with Crippen LogP contribution in [0.15, 0.2) is 42.7 Å². The molecule has 0 atom stereocenters. The summed E-state index contributed by atoms with van der Waals surface area (Å²) in [5.41, 5.74) is 0.800. The van der Waals surface area contributed by atoms with Gasteiger partial charge in [-0.05, 0) is 18.4 Å². The average molecular weight is 299 g/mol. The second kappa shape index (κ2) is 5.63. The van der Waals surface area contributed by atoms with Crippen molar-refractivity contribution in [3.8, 4) is 0 Å². The van der Waals surface area contributed by atoms with Crippen LogP contribution in [0.3, 0.4) is 0 Å². The molecule has 2 N–H and O–H groups in total. The van der Waals surface area contributed by atoms with Crippen molar-refractivity contribution in [2.45, 2.75) is 25.9 Å². The average Bonchev–Trinajstić information content (AvgIpc) is 3.22. The van der Waals surface area contributed by atoms with Gasteiger partial charge in [0.25, 0.3) is 0 Å². The number of nitrogens with zero attached hydrogens (tertiary/aromatic N) is 2. The highest BCUT2D eigenvalue weighted by molar-refractivity contribution is 6.04. The largest absolute Gasteiger partial charge is 0.480 e. The molecule has 1 aliphatic carbocycles. The predicted molar refractivity (Wildman–Crippen MR) is 78.9 cm³/mol. The van der Waals surface area contributed by atoms with E-state index in [9.17, 15) is 9.59 Å². The van der Waals surface area contributed by atoms with Gasteiger partial charge in [-0.1, -0.05) is 30.3 Å². The van der Waals surface area contributed by atoms with Gasteiger partial charge >= 0.3 is 5.97 Å². The molecule has 0 unspecified atom stereocenters. The van der Waals surface area contributed by atoms with Gasteiger partial charge in [0, 0.05) is 18.3 Å². The Labute approximate surface area is 127 Å². The Morgan fingerprint density at radius 3 is 2.59 bits per heavy atom. The maximum atomic E-state index is 11.9. The van der Waals surface area contributed by atoms with Gasteiger partial charge in [0.15, 0.2) is 0 Å². The van der Waals surface area contributed by atoms with Crippen LogP contribution in [0.4, 0.5) is 0 Å². The number of benzene rings is 1. The second-order valence-corrected chi connectivity index (χ2v) is 5.60. The van der Waals surface area contributed by atoms with Gasteiger partial charge in [-0.2, -0.15) is 5.10 Å². The van der Waals surface area contributed by atoms with Crippen molar-refractivity contribution < 1.29 is 14.7 Å². The summed E-state index contributed by atoms with van der Waals surface area (Å²) in [5, 5.41) is 16.0. The van der Waals surface area contributed by atoms with Gasteiger partial charge in [-0.15, -0.1) is 0 Å². The van der Waals surface area contributed by atoms with Crippen LogP contribution in [0.5, 0.6) is 0 Å². The maximum absolute atomic E-state index is 11.9. The van der Waals surface area contributed by atoms with E-state index in [2.05, 4.69) is 10.4 Å². The summed E-state index contributed by atoms with van der Waals surface area (Å²) < 4.78 is 1.79. The molecule has 1 amide bonds. The Bertz CT molecular complexity index is 690. The lowest BCUT2D eigenvalue weighted by atomic mass is 10.1. The van der Waals surface area contributed by atoms with Crippen molar-refractivity contribution in [3.05, 3.63) is 53.9 Å². The fraction of sp³-hybridized carbons (Fsp3) is 0.312. The zero-order chi connectivity index (χ0) is 15.6. The monoisotopic (exact) mass is 299 g/mol. The fourth-order valence-electron chi connectivity index (χ4n) is 2.37. The van der Waals surface area contributed by atoms with Crippen LogP contribution in [-0.4, -0.2) is 26.8 Å². The van der Waals surface area contributed by atoms with Gasteiger partial charge in [-0.3, -0.25) is 14.3 Å². The lowest BCUT2D eigenvalue weighted by Gasteiger charge is -2.09. The molecule has 1 aliphatic rings. The Balaban J connectivity index is 1.56. The molecule has 22 heavy (non-hydrogen) atoms. The molecule has 3 rings (SSSR count). The summed E-state index contributed by atoms with van der Waals surface area (Å²) >= 11 is 0. The van der Waals surface area contributed by atoms with Crippen LogP contribution >= 0.6 is 0 Å². The van der Waals surface area contributed by atoms with E-state index in [1.54, 1.807) is 10.9 Å². The minimum absolute atomic E-state index is 0.294. The summed E-state index contributed by atoms with van der Waals surface area (Å²) in [4.78, 5) is 23.0. The third-order valence-electron chi connectivity index (χ3n) is 3.92. The molecule has 0 radical (unpaired) electrons. The summed E-state index contributed by atoms with van der Waals surface area (Å²) in [6.45, 7) is 0.955. The van der Waals surface area contributed by atoms with E-state index in [1.165, 1.54) is 0 Å². The van der Waals surface area contributed by atoms with Crippen LogP contribution in [0.25, 0.3) is 0 Å². The number of rotatable bonds is 6. The molecule has 1 fully saturated rings. The molecule has 0 spiro atoms. The first-order chi connectivity index (χ1) is 10.6. The third kappa shape index (κ3) is 2.86. The van der Waals surface area contributed by atoms with E-state index in [0.29, 0.717) is 25.9 Å². The first kappa shape index (κ1) is 14.3. The van der Waals surface area contributed by atoms with Crippen molar-refractivity contribution in [1.29, 1.82) is 0 Å². The Morgan fingerprint density at radius 2 is 1.95 bits per heavy atom. The lowest BCUT2D eigenvalue weighted by molar-refractivity contribution is -0.149. The highest BCUT2D eigenvalue weighted by Gasteiger charge is 2.56. The number of amides is 1. The molecule has 1 saturated carbocycles. The quantitative estimate of drug-likeness (QED) is 0.790. The molecule has 1 heterocycles. The molecule has 0 bridgehead atoms. The van der Waals surface area contributed by atoms with Crippen LogP contribution in [-0.2, 0) is 22.7 Å². The van der Waals surface area contributed by atoms with Crippen LogP contribution in [0.1, 0.15) is 24.0 Å². The highest BCUT2D eigenvalue weighted by atomic mass is 16.4. The Hall–Kier alpha value is -2.63. The zero-order valence-corrected chi connectivity index (χ0v) is 12.0. The summed E-state index contributed by atoms with van der Waals surface area (Å²) in [5.74, 6) is -1.44. The third-order valence-corrected chi connectivity index (χ3v) is 3.92. The molecule has 6 heteroatoms. The molecule has 0 aliphatic heterocycles. The topological polar surface area (TPSA) is 84.2 Å². The molecule has 114 valence electrons. The number of nitrogens with one attached hydrogen (secondary N) is 1. The fourth-order valence-corrected chi connectivity index (χ4v) is 2.37. The first-order valence-corrected chi connectivity index (χ1v) is 7.17.